The molecule has 608 valence electrons. The minimum Gasteiger partial charge on any atom is -0.494 e. The highest BCUT2D eigenvalue weighted by Gasteiger charge is 2.44. The number of aromatic nitrogens is 6. The van der Waals surface area contributed by atoms with E-state index >= 15 is 4.39 Å². The number of amides is 6. The number of hydrogen-bond donors (Lipinski definition) is 13. The fourth-order valence-electron chi connectivity index (χ4n) is 12.9. The van der Waals surface area contributed by atoms with E-state index in [1.165, 1.54) is 45.3 Å². The largest absolute Gasteiger partial charge is 0.494 e. The van der Waals surface area contributed by atoms with Gasteiger partial charge in [-0.3, -0.25) is 52.7 Å². The number of rotatable bonds is 50. The van der Waals surface area contributed by atoms with Gasteiger partial charge >= 0.3 is 11.9 Å². The molecule has 2 aromatic heterocycles. The van der Waals surface area contributed by atoms with E-state index in [0.717, 1.165) is 59.0 Å². The van der Waals surface area contributed by atoms with Crippen LogP contribution in [0.5, 0.6) is 5.75 Å². The van der Waals surface area contributed by atoms with Crippen molar-refractivity contribution in [1.29, 1.82) is 0 Å². The van der Waals surface area contributed by atoms with Gasteiger partial charge in [0, 0.05) is 80.8 Å². The number of unbranched alkanes of at least 4 members (excludes halogenated alkanes) is 1. The Morgan fingerprint density at radius 3 is 1.97 bits per heavy atom. The smallest absolute Gasteiger partial charge is 0.326 e. The quantitative estimate of drug-likeness (QED) is 0.00784. The van der Waals surface area contributed by atoms with Gasteiger partial charge in [0.1, 0.15) is 35.1 Å². The molecule has 0 spiro atoms. The van der Waals surface area contributed by atoms with E-state index in [1.807, 2.05) is 57.2 Å². The second-order valence-electron chi connectivity index (χ2n) is 29.1. The predicted molar refractivity (Wildman–Crippen MR) is 408 cm³/mol. The Labute approximate surface area is 652 Å². The summed E-state index contributed by atoms with van der Waals surface area (Å²) in [6.45, 7) is 11.7. The van der Waals surface area contributed by atoms with Crippen molar-refractivity contribution in [2.24, 2.45) is 27.8 Å². The summed E-state index contributed by atoms with van der Waals surface area (Å²) in [5, 5.41) is 85.3. The van der Waals surface area contributed by atoms with Crippen LogP contribution >= 0.6 is 0 Å². The average molecular weight is 1570 g/mol. The van der Waals surface area contributed by atoms with Gasteiger partial charge in [-0.2, -0.15) is 5.21 Å². The number of ketones is 4. The Hall–Kier alpha value is -11.5. The lowest BCUT2D eigenvalue weighted by Crippen LogP contribution is -2.55. The summed E-state index contributed by atoms with van der Waals surface area (Å²) in [6, 6.07) is 15.2. The van der Waals surface area contributed by atoms with Crippen LogP contribution in [0.1, 0.15) is 151 Å². The van der Waals surface area contributed by atoms with Crippen molar-refractivity contribution in [3.05, 3.63) is 159 Å². The van der Waals surface area contributed by atoms with Gasteiger partial charge in [-0.25, -0.2) is 14.2 Å². The lowest BCUT2D eigenvalue weighted by atomic mass is 9.76. The number of carboxylic acid groups (broad SMARTS) is 2. The van der Waals surface area contributed by atoms with Crippen LogP contribution in [0, 0.1) is 42.3 Å². The van der Waals surface area contributed by atoms with Crippen molar-refractivity contribution in [3.63, 3.8) is 0 Å². The molecular formula is C79H102FN15O18. The van der Waals surface area contributed by atoms with Gasteiger partial charge in [-0.05, 0) is 150 Å². The van der Waals surface area contributed by atoms with E-state index in [9.17, 15) is 83.1 Å². The first-order valence-corrected chi connectivity index (χ1v) is 37.3. The minimum atomic E-state index is -2.11. The van der Waals surface area contributed by atoms with Gasteiger partial charge in [-0.1, -0.05) is 102 Å². The molecule has 33 nitrogen and oxygen atoms in total. The fraction of sp³-hybridized carbons (Fsp3) is 0.494. The van der Waals surface area contributed by atoms with Gasteiger partial charge < -0.3 is 67.2 Å². The molecule has 0 aliphatic carbocycles. The number of azide groups is 1. The number of aliphatic hydroxyl groups is 3. The molecule has 6 rings (SSSR count). The zero-order valence-electron chi connectivity index (χ0n) is 64.6. The number of H-pyrrole nitrogens is 2. The van der Waals surface area contributed by atoms with E-state index in [0.29, 0.717) is 63.0 Å². The number of aliphatic carboxylic acids is 2. The van der Waals surface area contributed by atoms with Crippen molar-refractivity contribution in [1.82, 2.24) is 62.5 Å². The number of aryl methyl sites for hydroxylation is 4. The molecule has 0 aliphatic heterocycles. The first-order valence-electron chi connectivity index (χ1n) is 37.3. The first-order chi connectivity index (χ1) is 53.6. The van der Waals surface area contributed by atoms with E-state index in [2.05, 4.69) is 72.5 Å². The summed E-state index contributed by atoms with van der Waals surface area (Å²) in [4.78, 5) is 177. The molecule has 10 atom stereocenters. The zero-order valence-corrected chi connectivity index (χ0v) is 64.6. The number of ether oxygens (including phenoxy) is 1. The predicted octanol–water partition coefficient (Wildman–Crippen LogP) is 5.02. The molecule has 13 N–H and O–H groups in total. The Morgan fingerprint density at radius 1 is 0.681 bits per heavy atom. The monoisotopic (exact) mass is 1570 g/mol. The maximum Gasteiger partial charge on any atom is 0.326 e. The average Bonchev–Trinajstić information content (AvgIpc) is 1.17. The Kier molecular flexibility index (Phi) is 35.2. The molecule has 0 bridgehead atoms. The summed E-state index contributed by atoms with van der Waals surface area (Å²) in [7, 11) is 0. The second-order valence-corrected chi connectivity index (χ2v) is 29.1. The highest BCUT2D eigenvalue weighted by Crippen LogP contribution is 2.33. The third-order valence-corrected chi connectivity index (χ3v) is 19.3. The van der Waals surface area contributed by atoms with Crippen molar-refractivity contribution in [2.45, 2.75) is 201 Å². The van der Waals surface area contributed by atoms with Crippen molar-refractivity contribution < 1.29 is 92.2 Å². The molecule has 0 fully saturated rings. The fourth-order valence-corrected chi connectivity index (χ4v) is 12.9. The van der Waals surface area contributed by atoms with E-state index in [1.54, 1.807) is 30.5 Å². The van der Waals surface area contributed by atoms with E-state index in [4.69, 9.17) is 10.3 Å². The standard InChI is InChI=1S/C79H102FN15O18/c1-9-51-35-57(113-30-13-12-28-85-93-81)23-24-58(51)52-21-19-49(20-22-52)34-54(72(106)86-60(74(108)109)18-14-15-50-32-45(2)31-46(3)33-50)36-64(100)62(39-69(104)105)87-73(107)55(43-96)37-65(101)70(47(4)97)90-77(112)79(8,40-53-16-10-11-17-59(53)80)41-66(102)71(48(5)98)89-68(103)26-25-63(99)61(38-67-91-94-95-92-67)88-76(111)78(6,7)75(110)83-29-27-56-42-82-44-84-56/h10-11,16-17,19-24,31-33,35,42,44,47-48,54-55,60-62,70-71,96-98H,9,12-15,18,25-30,34,36-41,43H2,1-8H3,(H,82,84)(H,83,110)(H,86,106)(H,87,107)(H,88,111)(H,89,103)(H,90,112)(H,104,105)(H,108,109)(H,91,92,94,95)/t47-,48-,54-,55+,60+,61+,62+,70+,71+,79-/m1/s1. The van der Waals surface area contributed by atoms with Gasteiger partial charge in [0.05, 0.1) is 61.6 Å². The summed E-state index contributed by atoms with van der Waals surface area (Å²) in [5.74, 6) is -16.1. The van der Waals surface area contributed by atoms with Crippen molar-refractivity contribution in [2.75, 3.05) is 26.3 Å². The Balaban J connectivity index is 1.17. The number of tetrazole rings is 1. The number of aromatic amines is 2. The zero-order chi connectivity index (χ0) is 83.1. The molecular weight excluding hydrogens is 1470 g/mol. The molecule has 0 radical (unpaired) electrons. The van der Waals surface area contributed by atoms with Crippen LogP contribution in [0.15, 0.2) is 103 Å². The van der Waals surface area contributed by atoms with Crippen LogP contribution in [0.3, 0.4) is 0 Å². The number of halogens is 1. The molecule has 4 aromatic carbocycles. The lowest BCUT2D eigenvalue weighted by Gasteiger charge is -2.33. The molecule has 0 saturated carbocycles. The van der Waals surface area contributed by atoms with Gasteiger partial charge in [0.15, 0.2) is 29.0 Å². The summed E-state index contributed by atoms with van der Waals surface area (Å²) in [5.41, 5.74) is 11.4. The molecule has 0 aliphatic rings. The van der Waals surface area contributed by atoms with Crippen LogP contribution in [0.2, 0.25) is 0 Å². The van der Waals surface area contributed by atoms with Crippen molar-refractivity contribution in [3.8, 4) is 16.9 Å². The molecule has 2 heterocycles. The van der Waals surface area contributed by atoms with E-state index in [-0.39, 0.29) is 37.2 Å². The SMILES string of the molecule is CCc1cc(OCCCCN=[N+]=[N-])ccc1-c1ccc(C[C@H](CC(=O)[C@H](CC(=O)O)NC(=O)[C@H](CO)CC(=O)[C@@H](NC(=O)[C@@](C)(CC(=O)[C@@H](NC(=O)CCC(=O)[C@H](Cc2nn[nH]n2)NC(=O)C(C)(C)C(=O)NCCc2cnc[nH]2)[C@@H](C)O)Cc2ccccc2F)[C@@H](C)O)C(=O)N[C@@H](CCCc2cc(C)cc(C)c2)C(=O)O)cc1. The number of carbonyl (C=O) groups excluding carboxylic acids is 10. The van der Waals surface area contributed by atoms with Gasteiger partial charge in [0.2, 0.25) is 35.4 Å². The number of nitrogens with one attached hydrogen (secondary N) is 8. The molecule has 0 unspecified atom stereocenters. The maximum absolute atomic E-state index is 15.6. The number of Topliss-reactive ketones (excluding diaryl/α,β-unsaturated/α-hetero) is 4. The van der Waals surface area contributed by atoms with Crippen LogP contribution in [-0.4, -0.2) is 195 Å². The minimum absolute atomic E-state index is 0.0166. The van der Waals surface area contributed by atoms with Gasteiger partial charge in [0.25, 0.3) is 0 Å². The normalized spacial score (nSPS) is 14.3. The number of carboxylic acids is 2. The highest BCUT2D eigenvalue weighted by molar-refractivity contribution is 6.06. The summed E-state index contributed by atoms with van der Waals surface area (Å²) >= 11 is 0. The van der Waals surface area contributed by atoms with Crippen molar-refractivity contribution >= 4 is 70.5 Å². The third kappa shape index (κ3) is 28.3. The first kappa shape index (κ1) is 90.4. The van der Waals surface area contributed by atoms with Crippen LogP contribution in [0.25, 0.3) is 21.6 Å². The number of benzene rings is 4. The molecule has 113 heavy (non-hydrogen) atoms. The van der Waals surface area contributed by atoms with Crippen LogP contribution in [0.4, 0.5) is 4.39 Å². The van der Waals surface area contributed by atoms with Crippen LogP contribution < -0.4 is 36.6 Å². The molecule has 0 saturated heterocycles. The number of aliphatic hydroxyl groups excluding tert-OH is 3. The highest BCUT2D eigenvalue weighted by atomic mass is 19.1. The lowest BCUT2D eigenvalue weighted by molar-refractivity contribution is -0.144. The third-order valence-electron chi connectivity index (χ3n) is 19.3. The summed E-state index contributed by atoms with van der Waals surface area (Å²) < 4.78 is 21.5. The number of imidazole rings is 1. The number of hydrogen-bond acceptors (Lipinski definition) is 21. The van der Waals surface area contributed by atoms with Gasteiger partial charge in [-0.15, -0.1) is 10.2 Å². The summed E-state index contributed by atoms with van der Waals surface area (Å²) in [6.07, 6.45) is -3.48. The van der Waals surface area contributed by atoms with E-state index < -0.39 is 193 Å². The Bertz CT molecular complexity index is 4300. The molecule has 6 amide bonds. The topological polar surface area (TPSA) is 519 Å². The Morgan fingerprint density at radius 2 is 1.35 bits per heavy atom. The molecule has 6 aromatic rings. The van der Waals surface area contributed by atoms with Crippen LogP contribution in [-0.2, 0) is 96.1 Å². The number of nitrogens with zero attached hydrogens (tertiary/aromatic N) is 7. The molecule has 34 heteroatoms. The maximum atomic E-state index is 15.6. The number of carbonyl (C=O) groups is 12. The second kappa shape index (κ2) is 43.9.